The van der Waals surface area contributed by atoms with E-state index in [0.29, 0.717) is 5.75 Å². The molecule has 1 unspecified atom stereocenters. The molecule has 0 N–H and O–H groups in total. The molecule has 0 amide bonds. The van der Waals surface area contributed by atoms with Crippen LogP contribution in [0.5, 0.6) is 5.75 Å². The van der Waals surface area contributed by atoms with Crippen LogP contribution in [0.25, 0.3) is 0 Å². The smallest absolute Gasteiger partial charge is 0.326 e. The molecule has 0 fully saturated rings. The quantitative estimate of drug-likeness (QED) is 0.603. The molecule has 0 aromatic heterocycles. The van der Waals surface area contributed by atoms with Crippen molar-refractivity contribution in [2.75, 3.05) is 0 Å². The van der Waals surface area contributed by atoms with E-state index in [4.69, 9.17) is 4.74 Å². The van der Waals surface area contributed by atoms with E-state index in [1.807, 2.05) is 24.3 Å². The van der Waals surface area contributed by atoms with Crippen LogP contribution in [-0.4, -0.2) is 5.97 Å². The first-order chi connectivity index (χ1) is 10.6. The minimum Gasteiger partial charge on any atom is -0.425 e. The summed E-state index contributed by atoms with van der Waals surface area (Å²) in [4.78, 5) is 12.8. The van der Waals surface area contributed by atoms with Gasteiger partial charge in [0.1, 0.15) is 11.2 Å². The van der Waals surface area contributed by atoms with Gasteiger partial charge in [-0.3, -0.25) is 4.79 Å². The van der Waals surface area contributed by atoms with Crippen molar-refractivity contribution >= 4 is 5.97 Å². The van der Waals surface area contributed by atoms with Gasteiger partial charge in [0.15, 0.2) is 0 Å². The fourth-order valence-corrected chi connectivity index (χ4v) is 3.31. The molecule has 1 heterocycles. The lowest BCUT2D eigenvalue weighted by Crippen LogP contribution is -2.35. The lowest BCUT2D eigenvalue weighted by atomic mass is 9.71. The molecule has 0 spiro atoms. The van der Waals surface area contributed by atoms with Gasteiger partial charge in [0, 0.05) is 5.56 Å². The van der Waals surface area contributed by atoms with E-state index in [2.05, 4.69) is 39.0 Å². The maximum atomic E-state index is 12.8. The molecule has 3 rings (SSSR count). The molecule has 0 saturated carbocycles. The third-order valence-corrected chi connectivity index (χ3v) is 4.80. The average Bonchev–Trinajstić information content (AvgIpc) is 2.81. The van der Waals surface area contributed by atoms with Gasteiger partial charge in [-0.1, -0.05) is 56.2 Å². The average molecular weight is 294 g/mol. The van der Waals surface area contributed by atoms with Crippen LogP contribution >= 0.6 is 0 Å². The standard InChI is InChI=1S/C20H22O2/c1-4-5-12-20(16-11-10-14(2)15(3)13-16)17-8-6-7-9-18(17)22-19(20)21/h6-11,13H,4-5,12H2,1-3H3. The number of unbranched alkanes of at least 4 members (excludes halogenated alkanes) is 1. The second kappa shape index (κ2) is 5.60. The molecule has 2 aromatic carbocycles. The predicted molar refractivity (Wildman–Crippen MR) is 88.3 cm³/mol. The fraction of sp³-hybridized carbons (Fsp3) is 0.350. The zero-order valence-corrected chi connectivity index (χ0v) is 13.5. The van der Waals surface area contributed by atoms with E-state index >= 15 is 0 Å². The fourth-order valence-electron chi connectivity index (χ4n) is 3.31. The van der Waals surface area contributed by atoms with Crippen LogP contribution in [0.4, 0.5) is 0 Å². The van der Waals surface area contributed by atoms with E-state index < -0.39 is 5.41 Å². The van der Waals surface area contributed by atoms with Crippen LogP contribution in [-0.2, 0) is 10.2 Å². The van der Waals surface area contributed by atoms with Crippen LogP contribution in [0.2, 0.25) is 0 Å². The molecule has 114 valence electrons. The molecule has 2 aromatic rings. The predicted octanol–water partition coefficient (Wildman–Crippen LogP) is 4.70. The van der Waals surface area contributed by atoms with Crippen molar-refractivity contribution in [3.05, 3.63) is 64.7 Å². The van der Waals surface area contributed by atoms with Crippen LogP contribution < -0.4 is 4.74 Å². The summed E-state index contributed by atoms with van der Waals surface area (Å²) in [6.07, 6.45) is 2.85. The normalized spacial score (nSPS) is 19.9. The highest BCUT2D eigenvalue weighted by Gasteiger charge is 2.49. The number of carbonyl (C=O) groups is 1. The lowest BCUT2D eigenvalue weighted by molar-refractivity contribution is -0.137. The number of ether oxygens (including phenoxy) is 1. The number of carbonyl (C=O) groups excluding carboxylic acids is 1. The molecule has 2 nitrogen and oxygen atoms in total. The van der Waals surface area contributed by atoms with Crippen molar-refractivity contribution in [3.63, 3.8) is 0 Å². The molecule has 0 saturated heterocycles. The van der Waals surface area contributed by atoms with E-state index in [9.17, 15) is 4.79 Å². The molecule has 1 aliphatic rings. The zero-order valence-electron chi connectivity index (χ0n) is 13.5. The Hall–Kier alpha value is -2.09. The summed E-state index contributed by atoms with van der Waals surface area (Å²) in [6, 6.07) is 14.2. The topological polar surface area (TPSA) is 26.3 Å². The molecule has 2 heteroatoms. The van der Waals surface area contributed by atoms with Crippen molar-refractivity contribution in [1.29, 1.82) is 0 Å². The molecule has 0 radical (unpaired) electrons. The Labute approximate surface area is 132 Å². The summed E-state index contributed by atoms with van der Waals surface area (Å²) >= 11 is 0. The molecule has 22 heavy (non-hydrogen) atoms. The van der Waals surface area contributed by atoms with Crippen molar-refractivity contribution in [2.24, 2.45) is 0 Å². The van der Waals surface area contributed by atoms with E-state index in [0.717, 1.165) is 30.4 Å². The first-order valence-corrected chi connectivity index (χ1v) is 7.99. The Morgan fingerprint density at radius 2 is 1.82 bits per heavy atom. The minimum atomic E-state index is -0.648. The van der Waals surface area contributed by atoms with Crippen LogP contribution in [0.1, 0.15) is 48.4 Å². The highest BCUT2D eigenvalue weighted by atomic mass is 16.5. The third-order valence-electron chi connectivity index (χ3n) is 4.80. The number of fused-ring (bicyclic) bond motifs is 1. The summed E-state index contributed by atoms with van der Waals surface area (Å²) in [5.41, 5.74) is 3.88. The van der Waals surface area contributed by atoms with Crippen molar-refractivity contribution in [1.82, 2.24) is 0 Å². The van der Waals surface area contributed by atoms with Gasteiger partial charge in [-0.15, -0.1) is 0 Å². The van der Waals surface area contributed by atoms with Crippen molar-refractivity contribution in [3.8, 4) is 5.75 Å². The maximum Gasteiger partial charge on any atom is 0.326 e. The van der Waals surface area contributed by atoms with E-state index in [-0.39, 0.29) is 5.97 Å². The Morgan fingerprint density at radius 3 is 2.55 bits per heavy atom. The highest BCUT2D eigenvalue weighted by molar-refractivity contribution is 5.94. The number of hydrogen-bond donors (Lipinski definition) is 0. The summed E-state index contributed by atoms with van der Waals surface area (Å²) in [7, 11) is 0. The van der Waals surface area contributed by atoms with Gasteiger partial charge >= 0.3 is 5.97 Å². The van der Waals surface area contributed by atoms with Gasteiger partial charge in [-0.05, 0) is 43.0 Å². The lowest BCUT2D eigenvalue weighted by Gasteiger charge is -2.27. The second-order valence-electron chi connectivity index (χ2n) is 6.19. The summed E-state index contributed by atoms with van der Waals surface area (Å²) in [5, 5.41) is 0. The first-order valence-electron chi connectivity index (χ1n) is 7.99. The van der Waals surface area contributed by atoms with Gasteiger partial charge in [-0.25, -0.2) is 0 Å². The molecular weight excluding hydrogens is 272 g/mol. The van der Waals surface area contributed by atoms with Crippen molar-refractivity contribution < 1.29 is 9.53 Å². The number of para-hydroxylation sites is 1. The number of hydrogen-bond acceptors (Lipinski definition) is 2. The molecule has 0 aliphatic carbocycles. The number of aryl methyl sites for hydroxylation is 2. The van der Waals surface area contributed by atoms with E-state index in [1.165, 1.54) is 11.1 Å². The Morgan fingerprint density at radius 1 is 1.05 bits per heavy atom. The van der Waals surface area contributed by atoms with Crippen molar-refractivity contribution in [2.45, 2.75) is 45.4 Å². The summed E-state index contributed by atoms with van der Waals surface area (Å²) in [6.45, 7) is 6.34. The molecule has 0 bridgehead atoms. The molecule has 1 aliphatic heterocycles. The van der Waals surface area contributed by atoms with Gasteiger partial charge in [0.25, 0.3) is 0 Å². The monoisotopic (exact) mass is 294 g/mol. The zero-order chi connectivity index (χ0) is 15.7. The van der Waals surface area contributed by atoms with Crippen LogP contribution in [0, 0.1) is 13.8 Å². The minimum absolute atomic E-state index is 0.134. The number of rotatable bonds is 4. The van der Waals surface area contributed by atoms with Gasteiger partial charge in [0.05, 0.1) is 0 Å². The second-order valence-corrected chi connectivity index (χ2v) is 6.19. The van der Waals surface area contributed by atoms with E-state index in [1.54, 1.807) is 0 Å². The first kappa shape index (κ1) is 14.8. The SMILES string of the molecule is CCCCC1(c2ccc(C)c(C)c2)C(=O)Oc2ccccc21. The summed E-state index contributed by atoms with van der Waals surface area (Å²) < 4.78 is 5.61. The third kappa shape index (κ3) is 2.14. The van der Waals surface area contributed by atoms with Gasteiger partial charge in [-0.2, -0.15) is 0 Å². The number of esters is 1. The highest BCUT2D eigenvalue weighted by Crippen LogP contribution is 2.47. The maximum absolute atomic E-state index is 12.8. The van der Waals surface area contributed by atoms with Gasteiger partial charge < -0.3 is 4.74 Å². The largest absolute Gasteiger partial charge is 0.425 e. The Kier molecular flexibility index (Phi) is 3.78. The number of benzene rings is 2. The van der Waals surface area contributed by atoms with Gasteiger partial charge in [0.2, 0.25) is 0 Å². The Balaban J connectivity index is 2.21. The Bertz CT molecular complexity index is 717. The van der Waals surface area contributed by atoms with Crippen LogP contribution in [0.15, 0.2) is 42.5 Å². The molecular formula is C20H22O2. The summed E-state index contributed by atoms with van der Waals surface area (Å²) in [5.74, 6) is 0.576. The molecule has 1 atom stereocenters. The van der Waals surface area contributed by atoms with Crippen LogP contribution in [0.3, 0.4) is 0 Å².